The fourth-order valence-electron chi connectivity index (χ4n) is 2.41. The molecule has 0 aliphatic heterocycles. The SMILES string of the molecule is Cc1ccc(C(C)C)cc1OP(=O)([O-])Oc1cc(C(C)C)ccc1C.[K+]. The van der Waals surface area contributed by atoms with Crippen molar-refractivity contribution in [3.05, 3.63) is 58.7 Å². The number of hydrogen-bond acceptors (Lipinski definition) is 4. The first-order chi connectivity index (χ1) is 11.6. The number of hydrogen-bond donors (Lipinski definition) is 0. The first-order valence-electron chi connectivity index (χ1n) is 8.50. The molecule has 26 heavy (non-hydrogen) atoms. The number of aryl methyl sites for hydroxylation is 2. The smallest absolute Gasteiger partial charge is 0.736 e. The van der Waals surface area contributed by atoms with Crippen molar-refractivity contribution >= 4 is 7.82 Å². The van der Waals surface area contributed by atoms with Gasteiger partial charge in [-0.05, 0) is 60.1 Å². The Hall–Kier alpha value is -0.134. The van der Waals surface area contributed by atoms with Gasteiger partial charge in [-0.25, -0.2) is 4.57 Å². The van der Waals surface area contributed by atoms with Gasteiger partial charge in [-0.1, -0.05) is 52.0 Å². The predicted octanol–water partition coefficient (Wildman–Crippen LogP) is 2.48. The molecular formula is C20H26KO4P. The minimum atomic E-state index is -4.54. The summed E-state index contributed by atoms with van der Waals surface area (Å²) < 4.78 is 22.9. The molecule has 0 aromatic heterocycles. The molecule has 0 aliphatic carbocycles. The van der Waals surface area contributed by atoms with E-state index < -0.39 is 7.82 Å². The standard InChI is InChI=1S/C20H27O4P.K/c1-13(2)17-9-7-15(5)19(11-17)23-25(21,22)24-20-12-18(14(3)4)10-8-16(20)6;/h7-14H,1-6H3,(H,21,22);/q;+1/p-1. The summed E-state index contributed by atoms with van der Waals surface area (Å²) in [6.07, 6.45) is 0. The molecule has 136 valence electrons. The van der Waals surface area contributed by atoms with E-state index in [1.165, 1.54) is 0 Å². The fraction of sp³-hybridized carbons (Fsp3) is 0.400. The number of benzene rings is 2. The maximum Gasteiger partial charge on any atom is 1.00 e. The third-order valence-corrected chi connectivity index (χ3v) is 5.02. The van der Waals surface area contributed by atoms with Crippen LogP contribution in [0, 0.1) is 13.8 Å². The predicted molar refractivity (Wildman–Crippen MR) is 99.4 cm³/mol. The monoisotopic (exact) mass is 400 g/mol. The van der Waals surface area contributed by atoms with Gasteiger partial charge in [0.15, 0.2) is 0 Å². The summed E-state index contributed by atoms with van der Waals surface area (Å²) in [6.45, 7) is 11.8. The van der Waals surface area contributed by atoms with E-state index in [4.69, 9.17) is 9.05 Å². The normalized spacial score (nSPS) is 11.4. The van der Waals surface area contributed by atoms with Crippen LogP contribution in [-0.4, -0.2) is 0 Å². The summed E-state index contributed by atoms with van der Waals surface area (Å²) in [5.74, 6) is 1.17. The summed E-state index contributed by atoms with van der Waals surface area (Å²) in [4.78, 5) is 12.4. The average molecular weight is 400 g/mol. The van der Waals surface area contributed by atoms with Crippen molar-refractivity contribution in [1.29, 1.82) is 0 Å². The number of rotatable bonds is 6. The van der Waals surface area contributed by atoms with Crippen LogP contribution in [0.2, 0.25) is 0 Å². The molecule has 0 spiro atoms. The second-order valence-electron chi connectivity index (χ2n) is 6.99. The van der Waals surface area contributed by atoms with Crippen molar-refractivity contribution in [1.82, 2.24) is 0 Å². The van der Waals surface area contributed by atoms with Gasteiger partial charge in [-0.15, -0.1) is 0 Å². The third-order valence-electron chi connectivity index (χ3n) is 4.18. The first-order valence-corrected chi connectivity index (χ1v) is 9.96. The second-order valence-corrected chi connectivity index (χ2v) is 8.25. The van der Waals surface area contributed by atoms with Gasteiger partial charge in [-0.3, -0.25) is 0 Å². The Kier molecular flexibility index (Phi) is 9.08. The third kappa shape index (κ3) is 6.49. The molecule has 6 heteroatoms. The Labute approximate surface area is 199 Å². The fourth-order valence-corrected chi connectivity index (χ4v) is 3.32. The van der Waals surface area contributed by atoms with E-state index in [1.54, 1.807) is 12.1 Å². The first kappa shape index (κ1) is 23.9. The van der Waals surface area contributed by atoms with Crippen LogP contribution in [0.5, 0.6) is 11.5 Å². The van der Waals surface area contributed by atoms with Crippen molar-refractivity contribution in [2.45, 2.75) is 53.4 Å². The van der Waals surface area contributed by atoms with Crippen LogP contribution in [0.25, 0.3) is 0 Å². The van der Waals surface area contributed by atoms with Gasteiger partial charge in [0, 0.05) is 0 Å². The van der Waals surface area contributed by atoms with Crippen molar-refractivity contribution < 1.29 is 69.9 Å². The molecule has 2 aromatic rings. The molecule has 0 atom stereocenters. The van der Waals surface area contributed by atoms with Crippen molar-refractivity contribution in [2.75, 3.05) is 0 Å². The summed E-state index contributed by atoms with van der Waals surface area (Å²) in [5.41, 5.74) is 3.52. The van der Waals surface area contributed by atoms with Gasteiger partial charge in [0.2, 0.25) is 0 Å². The van der Waals surface area contributed by atoms with Crippen molar-refractivity contribution in [3.63, 3.8) is 0 Å². The van der Waals surface area contributed by atoms with Crippen molar-refractivity contribution in [2.24, 2.45) is 0 Å². The van der Waals surface area contributed by atoms with Crippen molar-refractivity contribution in [3.8, 4) is 11.5 Å². The molecule has 2 rings (SSSR count). The zero-order valence-corrected chi connectivity index (χ0v) is 20.7. The Morgan fingerprint density at radius 3 is 1.46 bits per heavy atom. The quantitative estimate of drug-likeness (QED) is 0.552. The summed E-state index contributed by atoms with van der Waals surface area (Å²) in [7, 11) is -4.54. The topological polar surface area (TPSA) is 58.6 Å². The summed E-state index contributed by atoms with van der Waals surface area (Å²) in [6, 6.07) is 11.2. The van der Waals surface area contributed by atoms with E-state index in [1.807, 2.05) is 65.8 Å². The van der Waals surface area contributed by atoms with E-state index in [-0.39, 0.29) is 63.2 Å². The minimum Gasteiger partial charge on any atom is -0.736 e. The molecule has 0 saturated carbocycles. The van der Waals surface area contributed by atoms with Crippen LogP contribution < -0.4 is 65.3 Å². The second kappa shape index (κ2) is 9.88. The van der Waals surface area contributed by atoms with Crippen LogP contribution in [-0.2, 0) is 4.57 Å². The van der Waals surface area contributed by atoms with Gasteiger partial charge in [0.1, 0.15) is 11.5 Å². The van der Waals surface area contributed by atoms with Crippen LogP contribution in [0.3, 0.4) is 0 Å². The Morgan fingerprint density at radius 2 is 1.15 bits per heavy atom. The Balaban J connectivity index is 0.00000338. The Morgan fingerprint density at radius 1 is 0.808 bits per heavy atom. The zero-order valence-electron chi connectivity index (χ0n) is 16.7. The molecule has 0 N–H and O–H groups in total. The van der Waals surface area contributed by atoms with E-state index in [9.17, 15) is 9.46 Å². The molecule has 0 unspecified atom stereocenters. The van der Waals surface area contributed by atoms with E-state index in [2.05, 4.69) is 0 Å². The van der Waals surface area contributed by atoms with Gasteiger partial charge >= 0.3 is 59.2 Å². The van der Waals surface area contributed by atoms with Crippen LogP contribution in [0.4, 0.5) is 0 Å². The van der Waals surface area contributed by atoms with E-state index in [0.29, 0.717) is 11.5 Å². The molecule has 0 bridgehead atoms. The maximum atomic E-state index is 12.4. The van der Waals surface area contributed by atoms with Gasteiger partial charge in [0.05, 0.1) is 0 Å². The summed E-state index contributed by atoms with van der Waals surface area (Å²) in [5, 5.41) is 0. The van der Waals surface area contributed by atoms with E-state index >= 15 is 0 Å². The van der Waals surface area contributed by atoms with Crippen LogP contribution >= 0.6 is 7.82 Å². The van der Waals surface area contributed by atoms with E-state index in [0.717, 1.165) is 22.3 Å². The zero-order chi connectivity index (χ0) is 18.8. The molecule has 2 aromatic carbocycles. The Bertz CT molecular complexity index is 739. The average Bonchev–Trinajstić information content (AvgIpc) is 2.50. The van der Waals surface area contributed by atoms with Crippen LogP contribution in [0.15, 0.2) is 36.4 Å². The summed E-state index contributed by atoms with van der Waals surface area (Å²) >= 11 is 0. The van der Waals surface area contributed by atoms with Gasteiger partial charge in [-0.2, -0.15) is 0 Å². The maximum absolute atomic E-state index is 12.4. The molecule has 0 aliphatic rings. The minimum absolute atomic E-state index is 0. The molecule has 0 radical (unpaired) electrons. The molecule has 0 fully saturated rings. The molecular weight excluding hydrogens is 374 g/mol. The van der Waals surface area contributed by atoms with Crippen LogP contribution in [0.1, 0.15) is 61.8 Å². The van der Waals surface area contributed by atoms with Gasteiger partial charge < -0.3 is 13.9 Å². The molecule has 0 amide bonds. The molecule has 0 heterocycles. The molecule has 4 nitrogen and oxygen atoms in total. The van der Waals surface area contributed by atoms with Gasteiger partial charge in [0.25, 0.3) is 0 Å². The molecule has 0 saturated heterocycles. The number of phosphoric acid groups is 1. The number of phosphoric ester groups is 1. The largest absolute Gasteiger partial charge is 1.00 e.